The second-order valence-corrected chi connectivity index (χ2v) is 6.15. The van der Waals surface area contributed by atoms with Crippen molar-refractivity contribution < 1.29 is 19.4 Å². The summed E-state index contributed by atoms with van der Waals surface area (Å²) in [4.78, 5) is 14.4. The number of aliphatic hydroxyl groups excluding tert-OH is 1. The third kappa shape index (κ3) is 3.67. The lowest BCUT2D eigenvalue weighted by Crippen LogP contribution is -2.55. The van der Waals surface area contributed by atoms with Gasteiger partial charge in [0.15, 0.2) is 0 Å². The quantitative estimate of drug-likeness (QED) is 0.927. The Morgan fingerprint density at radius 1 is 1.57 bits per heavy atom. The molecule has 0 spiro atoms. The van der Waals surface area contributed by atoms with E-state index in [9.17, 15) is 9.90 Å². The van der Waals surface area contributed by atoms with E-state index in [0.29, 0.717) is 29.4 Å². The molecule has 1 unspecified atom stereocenters. The highest BCUT2D eigenvalue weighted by atomic mass is 35.5. The molecular formula is C15H20ClNO4. The molecule has 21 heavy (non-hydrogen) atoms. The molecule has 2 rings (SSSR count). The first-order valence-electron chi connectivity index (χ1n) is 6.78. The molecule has 1 heterocycles. The van der Waals surface area contributed by atoms with Gasteiger partial charge in [-0.2, -0.15) is 0 Å². The predicted octanol–water partition coefficient (Wildman–Crippen LogP) is 1.96. The standard InChI is InChI=1S/C15H20ClNO4/c1-15(2)9-17(7-11(8-18)21-15)14(19)12-5-4-10(16)6-13(12)20-3/h4-6,11,18H,7-9H2,1-3H3. The Balaban J connectivity index is 2.27. The highest BCUT2D eigenvalue weighted by Gasteiger charge is 2.36. The Kier molecular flexibility index (Phi) is 4.76. The van der Waals surface area contributed by atoms with E-state index < -0.39 is 5.60 Å². The Morgan fingerprint density at radius 3 is 2.90 bits per heavy atom. The number of amides is 1. The van der Waals surface area contributed by atoms with Gasteiger partial charge in [-0.15, -0.1) is 0 Å². The second kappa shape index (κ2) is 6.22. The molecule has 0 radical (unpaired) electrons. The van der Waals surface area contributed by atoms with Crippen LogP contribution in [0.2, 0.25) is 5.02 Å². The van der Waals surface area contributed by atoms with Crippen LogP contribution in [0.25, 0.3) is 0 Å². The van der Waals surface area contributed by atoms with E-state index in [1.165, 1.54) is 7.11 Å². The number of morpholine rings is 1. The Morgan fingerprint density at radius 2 is 2.29 bits per heavy atom. The molecule has 1 aromatic carbocycles. The maximum atomic E-state index is 12.7. The number of rotatable bonds is 3. The number of benzene rings is 1. The maximum absolute atomic E-state index is 12.7. The van der Waals surface area contributed by atoms with Crippen LogP contribution < -0.4 is 4.74 Å². The fourth-order valence-electron chi connectivity index (χ4n) is 2.56. The van der Waals surface area contributed by atoms with E-state index >= 15 is 0 Å². The second-order valence-electron chi connectivity index (χ2n) is 5.71. The number of carbonyl (C=O) groups is 1. The van der Waals surface area contributed by atoms with Crippen LogP contribution in [0.3, 0.4) is 0 Å². The zero-order chi connectivity index (χ0) is 15.6. The van der Waals surface area contributed by atoms with Crippen molar-refractivity contribution in [2.75, 3.05) is 26.8 Å². The van der Waals surface area contributed by atoms with Gasteiger partial charge >= 0.3 is 0 Å². The molecule has 1 fully saturated rings. The number of aliphatic hydroxyl groups is 1. The molecule has 0 bridgehead atoms. The summed E-state index contributed by atoms with van der Waals surface area (Å²) in [5.74, 6) is 0.288. The summed E-state index contributed by atoms with van der Waals surface area (Å²) in [6.45, 7) is 4.48. The van der Waals surface area contributed by atoms with Gasteiger partial charge in [0, 0.05) is 18.1 Å². The number of carbonyl (C=O) groups excluding carboxylic acids is 1. The van der Waals surface area contributed by atoms with Crippen LogP contribution >= 0.6 is 11.6 Å². The van der Waals surface area contributed by atoms with Crippen LogP contribution in [0.1, 0.15) is 24.2 Å². The van der Waals surface area contributed by atoms with E-state index in [1.807, 2.05) is 13.8 Å². The molecule has 1 aliphatic heterocycles. The Hall–Kier alpha value is -1.30. The first-order valence-corrected chi connectivity index (χ1v) is 7.15. The number of nitrogens with zero attached hydrogens (tertiary/aromatic N) is 1. The van der Waals surface area contributed by atoms with Crippen molar-refractivity contribution in [3.05, 3.63) is 28.8 Å². The van der Waals surface area contributed by atoms with Crippen molar-refractivity contribution in [2.24, 2.45) is 0 Å². The number of ether oxygens (including phenoxy) is 2. The van der Waals surface area contributed by atoms with Gasteiger partial charge in [-0.1, -0.05) is 11.6 Å². The van der Waals surface area contributed by atoms with Crippen LogP contribution in [0, 0.1) is 0 Å². The molecule has 1 amide bonds. The van der Waals surface area contributed by atoms with E-state index in [0.717, 1.165) is 0 Å². The summed E-state index contributed by atoms with van der Waals surface area (Å²) in [6, 6.07) is 4.93. The van der Waals surface area contributed by atoms with Crippen molar-refractivity contribution in [3.8, 4) is 5.75 Å². The smallest absolute Gasteiger partial charge is 0.257 e. The largest absolute Gasteiger partial charge is 0.496 e. The van der Waals surface area contributed by atoms with E-state index in [2.05, 4.69) is 0 Å². The average molecular weight is 314 g/mol. The minimum Gasteiger partial charge on any atom is -0.496 e. The van der Waals surface area contributed by atoms with Crippen LogP contribution in [0.4, 0.5) is 0 Å². The van der Waals surface area contributed by atoms with E-state index in [1.54, 1.807) is 23.1 Å². The third-order valence-corrected chi connectivity index (χ3v) is 3.60. The fourth-order valence-corrected chi connectivity index (χ4v) is 2.72. The highest BCUT2D eigenvalue weighted by molar-refractivity contribution is 6.30. The van der Waals surface area contributed by atoms with Gasteiger partial charge in [-0.05, 0) is 32.0 Å². The topological polar surface area (TPSA) is 59.0 Å². The third-order valence-electron chi connectivity index (χ3n) is 3.37. The Bertz CT molecular complexity index is 532. The van der Waals surface area contributed by atoms with Crippen molar-refractivity contribution in [3.63, 3.8) is 0 Å². The molecule has 6 heteroatoms. The van der Waals surface area contributed by atoms with Crippen molar-refractivity contribution >= 4 is 17.5 Å². The molecule has 0 saturated carbocycles. The SMILES string of the molecule is COc1cc(Cl)ccc1C(=O)N1CC(CO)OC(C)(C)C1. The van der Waals surface area contributed by atoms with Gasteiger partial charge in [-0.25, -0.2) is 0 Å². The predicted molar refractivity (Wildman–Crippen MR) is 79.9 cm³/mol. The molecule has 1 N–H and O–H groups in total. The molecule has 0 aromatic heterocycles. The Labute approximate surface area is 129 Å². The first kappa shape index (κ1) is 16.1. The first-order chi connectivity index (χ1) is 9.86. The zero-order valence-corrected chi connectivity index (χ0v) is 13.2. The number of halogens is 1. The molecular weight excluding hydrogens is 294 g/mol. The van der Waals surface area contributed by atoms with Crippen LogP contribution in [-0.4, -0.2) is 54.4 Å². The lowest BCUT2D eigenvalue weighted by Gasteiger charge is -2.42. The zero-order valence-electron chi connectivity index (χ0n) is 12.4. The minimum atomic E-state index is -0.499. The highest BCUT2D eigenvalue weighted by Crippen LogP contribution is 2.27. The van der Waals surface area contributed by atoms with Crippen molar-refractivity contribution in [1.82, 2.24) is 4.90 Å². The molecule has 1 aliphatic rings. The molecule has 0 aliphatic carbocycles. The van der Waals surface area contributed by atoms with Gasteiger partial charge < -0.3 is 19.5 Å². The summed E-state index contributed by atoms with van der Waals surface area (Å²) >= 11 is 5.92. The molecule has 1 aromatic rings. The molecule has 116 valence electrons. The van der Waals surface area contributed by atoms with Crippen LogP contribution in [-0.2, 0) is 4.74 Å². The van der Waals surface area contributed by atoms with Gasteiger partial charge in [-0.3, -0.25) is 4.79 Å². The van der Waals surface area contributed by atoms with Crippen LogP contribution in [0.15, 0.2) is 18.2 Å². The fraction of sp³-hybridized carbons (Fsp3) is 0.533. The summed E-state index contributed by atoms with van der Waals surface area (Å²) in [5.41, 5.74) is -0.0441. The summed E-state index contributed by atoms with van der Waals surface area (Å²) in [7, 11) is 1.50. The molecule has 1 saturated heterocycles. The van der Waals surface area contributed by atoms with Crippen LogP contribution in [0.5, 0.6) is 5.75 Å². The monoisotopic (exact) mass is 313 g/mol. The number of hydrogen-bond donors (Lipinski definition) is 1. The van der Waals surface area contributed by atoms with Gasteiger partial charge in [0.2, 0.25) is 0 Å². The van der Waals surface area contributed by atoms with E-state index in [4.69, 9.17) is 21.1 Å². The normalized spacial score (nSPS) is 21.2. The van der Waals surface area contributed by atoms with Gasteiger partial charge in [0.05, 0.1) is 31.0 Å². The summed E-state index contributed by atoms with van der Waals surface area (Å²) in [5, 5.41) is 9.84. The summed E-state index contributed by atoms with van der Waals surface area (Å²) < 4.78 is 10.9. The number of methoxy groups -OCH3 is 1. The van der Waals surface area contributed by atoms with Crippen molar-refractivity contribution in [2.45, 2.75) is 25.6 Å². The van der Waals surface area contributed by atoms with Gasteiger partial charge in [0.25, 0.3) is 5.91 Å². The molecule has 1 atom stereocenters. The molecule has 5 nitrogen and oxygen atoms in total. The van der Waals surface area contributed by atoms with Crippen molar-refractivity contribution in [1.29, 1.82) is 0 Å². The lowest BCUT2D eigenvalue weighted by atomic mass is 10.0. The van der Waals surface area contributed by atoms with Gasteiger partial charge in [0.1, 0.15) is 5.75 Å². The number of hydrogen-bond acceptors (Lipinski definition) is 4. The lowest BCUT2D eigenvalue weighted by molar-refractivity contribution is -0.139. The maximum Gasteiger partial charge on any atom is 0.257 e. The van der Waals surface area contributed by atoms with E-state index in [-0.39, 0.29) is 18.6 Å². The summed E-state index contributed by atoms with van der Waals surface area (Å²) in [6.07, 6.45) is -0.379. The minimum absolute atomic E-state index is 0.120. The average Bonchev–Trinajstić information content (AvgIpc) is 2.44.